The van der Waals surface area contributed by atoms with Gasteiger partial charge in [-0.2, -0.15) is 0 Å². The molecule has 0 bridgehead atoms. The van der Waals surface area contributed by atoms with Crippen LogP contribution in [0.1, 0.15) is 34.6 Å². The summed E-state index contributed by atoms with van der Waals surface area (Å²) in [4.78, 5) is 16.6. The minimum Gasteiger partial charge on any atom is -0.378 e. The van der Waals surface area contributed by atoms with E-state index in [1.165, 1.54) is 0 Å². The molecule has 0 aliphatic carbocycles. The van der Waals surface area contributed by atoms with E-state index in [9.17, 15) is 4.79 Å². The largest absolute Gasteiger partial charge is 0.378 e. The molecule has 0 spiro atoms. The monoisotopic (exact) mass is 299 g/mol. The van der Waals surface area contributed by atoms with Crippen LogP contribution in [-0.4, -0.2) is 74.2 Å². The average Bonchev–Trinajstić information content (AvgIpc) is 2.41. The second-order valence-corrected chi connectivity index (χ2v) is 7.09. The molecule has 0 unspecified atom stereocenters. The molecule has 21 heavy (non-hydrogen) atoms. The molecule has 5 heteroatoms. The van der Waals surface area contributed by atoms with Gasteiger partial charge in [-0.05, 0) is 13.8 Å². The van der Waals surface area contributed by atoms with Gasteiger partial charge in [0.15, 0.2) is 0 Å². The Morgan fingerprint density at radius 3 is 2.29 bits per heavy atom. The van der Waals surface area contributed by atoms with Crippen molar-refractivity contribution in [1.29, 1.82) is 0 Å². The molecule has 0 radical (unpaired) electrons. The van der Waals surface area contributed by atoms with Gasteiger partial charge < -0.3 is 10.1 Å². The Bertz CT molecular complexity index is 305. The minimum absolute atomic E-state index is 0.0795. The topological polar surface area (TPSA) is 44.8 Å². The number of nitrogens with zero attached hydrogens (tertiary/aromatic N) is 2. The van der Waals surface area contributed by atoms with Crippen LogP contribution in [0.3, 0.4) is 0 Å². The van der Waals surface area contributed by atoms with Gasteiger partial charge in [0, 0.05) is 50.7 Å². The Labute approximate surface area is 130 Å². The van der Waals surface area contributed by atoms with Crippen molar-refractivity contribution in [2.45, 2.75) is 40.7 Å². The van der Waals surface area contributed by atoms with Gasteiger partial charge >= 0.3 is 0 Å². The number of ether oxygens (including phenoxy) is 1. The number of hydrogen-bond acceptors (Lipinski definition) is 4. The summed E-state index contributed by atoms with van der Waals surface area (Å²) in [6.45, 7) is 17.7. The molecule has 0 aromatic carbocycles. The number of nitrogens with one attached hydrogen (secondary N) is 1. The number of hydrogen-bond donors (Lipinski definition) is 1. The predicted octanol–water partition coefficient (Wildman–Crippen LogP) is 1.19. The number of carbonyl (C=O) groups excluding carboxylic acids is 1. The summed E-state index contributed by atoms with van der Waals surface area (Å²) in [5.41, 5.74) is -0.323. The molecule has 0 aromatic heterocycles. The summed E-state index contributed by atoms with van der Waals surface area (Å²) >= 11 is 0. The van der Waals surface area contributed by atoms with E-state index in [1.54, 1.807) is 0 Å². The Hall–Kier alpha value is -0.650. The lowest BCUT2D eigenvalue weighted by Gasteiger charge is -2.36. The van der Waals surface area contributed by atoms with Gasteiger partial charge in [-0.25, -0.2) is 0 Å². The molecule has 0 saturated carbocycles. The number of rotatable bonds is 7. The zero-order valence-corrected chi connectivity index (χ0v) is 14.4. The molecule has 1 N–H and O–H groups in total. The van der Waals surface area contributed by atoms with Gasteiger partial charge in [0.2, 0.25) is 5.91 Å². The molecule has 1 amide bonds. The summed E-state index contributed by atoms with van der Waals surface area (Å²) in [6, 6.07) is 0.648. The fourth-order valence-corrected chi connectivity index (χ4v) is 2.30. The Balaban J connectivity index is 1.99. The Morgan fingerprint density at radius 1 is 1.14 bits per heavy atom. The normalized spacial score (nSPS) is 18.2. The maximum absolute atomic E-state index is 11.7. The maximum atomic E-state index is 11.7. The highest BCUT2D eigenvalue weighted by Gasteiger charge is 2.20. The lowest BCUT2D eigenvalue weighted by molar-refractivity contribution is -0.128. The molecule has 1 fully saturated rings. The second-order valence-electron chi connectivity index (χ2n) is 7.09. The van der Waals surface area contributed by atoms with Crippen LogP contribution in [0.2, 0.25) is 0 Å². The van der Waals surface area contributed by atoms with Crippen molar-refractivity contribution >= 4 is 5.91 Å². The van der Waals surface area contributed by atoms with Crippen LogP contribution in [0.15, 0.2) is 0 Å². The molecule has 1 saturated heterocycles. The van der Waals surface area contributed by atoms with Crippen molar-refractivity contribution in [2.75, 3.05) is 52.5 Å². The van der Waals surface area contributed by atoms with Crippen LogP contribution in [0.5, 0.6) is 0 Å². The first-order chi connectivity index (χ1) is 9.80. The molecule has 1 heterocycles. The third-order valence-electron chi connectivity index (χ3n) is 3.90. The van der Waals surface area contributed by atoms with Crippen molar-refractivity contribution in [3.05, 3.63) is 0 Å². The van der Waals surface area contributed by atoms with Crippen molar-refractivity contribution in [3.63, 3.8) is 0 Å². The first-order valence-corrected chi connectivity index (χ1v) is 8.13. The molecule has 124 valence electrons. The van der Waals surface area contributed by atoms with Crippen LogP contribution in [0.4, 0.5) is 0 Å². The first kappa shape index (κ1) is 18.4. The van der Waals surface area contributed by atoms with Gasteiger partial charge in [0.1, 0.15) is 0 Å². The number of piperazine rings is 1. The Kier molecular flexibility index (Phi) is 7.63. The van der Waals surface area contributed by atoms with Crippen LogP contribution < -0.4 is 5.32 Å². The lowest BCUT2D eigenvalue weighted by Crippen LogP contribution is -2.49. The zero-order valence-electron chi connectivity index (χ0n) is 14.4. The predicted molar refractivity (Wildman–Crippen MR) is 86.4 cm³/mol. The van der Waals surface area contributed by atoms with E-state index in [0.717, 1.165) is 39.3 Å². The highest BCUT2D eigenvalue weighted by atomic mass is 16.5. The van der Waals surface area contributed by atoms with Crippen LogP contribution in [0.25, 0.3) is 0 Å². The third kappa shape index (κ3) is 7.25. The maximum Gasteiger partial charge on any atom is 0.225 e. The number of carbonyl (C=O) groups is 1. The number of amides is 1. The lowest BCUT2D eigenvalue weighted by atomic mass is 9.96. The quantitative estimate of drug-likeness (QED) is 0.717. The molecular weight excluding hydrogens is 266 g/mol. The molecule has 5 nitrogen and oxygen atoms in total. The molecule has 1 aliphatic rings. The molecule has 1 aliphatic heterocycles. The van der Waals surface area contributed by atoms with E-state index in [-0.39, 0.29) is 11.3 Å². The van der Waals surface area contributed by atoms with E-state index < -0.39 is 0 Å². The van der Waals surface area contributed by atoms with E-state index in [4.69, 9.17) is 4.74 Å². The van der Waals surface area contributed by atoms with Crippen LogP contribution in [0, 0.1) is 5.41 Å². The molecule has 0 atom stereocenters. The van der Waals surface area contributed by atoms with Crippen LogP contribution >= 0.6 is 0 Å². The standard InChI is InChI=1S/C16H33N3O2/c1-14(2)19-9-7-18(8-10-19)11-13-21-12-6-17-15(20)16(3,4)5/h14H,6-13H2,1-5H3,(H,17,20). The molecular formula is C16H33N3O2. The van der Waals surface area contributed by atoms with Crippen molar-refractivity contribution in [1.82, 2.24) is 15.1 Å². The zero-order chi connectivity index (χ0) is 15.9. The highest BCUT2D eigenvalue weighted by Crippen LogP contribution is 2.11. The fraction of sp³-hybridized carbons (Fsp3) is 0.938. The summed E-state index contributed by atoms with van der Waals surface area (Å²) in [7, 11) is 0. The van der Waals surface area contributed by atoms with E-state index in [2.05, 4.69) is 29.0 Å². The fourth-order valence-electron chi connectivity index (χ4n) is 2.30. The minimum atomic E-state index is -0.323. The summed E-state index contributed by atoms with van der Waals surface area (Å²) in [6.07, 6.45) is 0. The van der Waals surface area contributed by atoms with E-state index >= 15 is 0 Å². The van der Waals surface area contributed by atoms with Gasteiger partial charge in [-0.1, -0.05) is 20.8 Å². The summed E-state index contributed by atoms with van der Waals surface area (Å²) < 4.78 is 5.60. The van der Waals surface area contributed by atoms with Gasteiger partial charge in [-0.3, -0.25) is 14.6 Å². The van der Waals surface area contributed by atoms with Crippen molar-refractivity contribution in [2.24, 2.45) is 5.41 Å². The first-order valence-electron chi connectivity index (χ1n) is 8.13. The van der Waals surface area contributed by atoms with Gasteiger partial charge in [0.05, 0.1) is 13.2 Å². The smallest absolute Gasteiger partial charge is 0.225 e. The van der Waals surface area contributed by atoms with E-state index in [1.807, 2.05) is 20.8 Å². The van der Waals surface area contributed by atoms with Gasteiger partial charge in [0.25, 0.3) is 0 Å². The van der Waals surface area contributed by atoms with Gasteiger partial charge in [-0.15, -0.1) is 0 Å². The second kappa shape index (κ2) is 8.71. The Morgan fingerprint density at radius 2 is 1.76 bits per heavy atom. The third-order valence-corrected chi connectivity index (χ3v) is 3.90. The van der Waals surface area contributed by atoms with Crippen molar-refractivity contribution in [3.8, 4) is 0 Å². The average molecular weight is 299 g/mol. The summed E-state index contributed by atoms with van der Waals surface area (Å²) in [5, 5.41) is 2.90. The van der Waals surface area contributed by atoms with E-state index in [0.29, 0.717) is 19.2 Å². The van der Waals surface area contributed by atoms with Crippen molar-refractivity contribution < 1.29 is 9.53 Å². The summed E-state index contributed by atoms with van der Waals surface area (Å²) in [5.74, 6) is 0.0795. The molecule has 1 rings (SSSR count). The molecule has 0 aromatic rings. The van der Waals surface area contributed by atoms with Crippen LogP contribution in [-0.2, 0) is 9.53 Å². The highest BCUT2D eigenvalue weighted by molar-refractivity contribution is 5.81. The SMILES string of the molecule is CC(C)N1CCN(CCOCCNC(=O)C(C)(C)C)CC1.